The molecule has 0 saturated carbocycles. The van der Waals surface area contributed by atoms with Crippen LogP contribution in [0.4, 0.5) is 5.69 Å². The summed E-state index contributed by atoms with van der Waals surface area (Å²) in [5.41, 5.74) is 1.55. The lowest BCUT2D eigenvalue weighted by atomic mass is 10.2. The number of carbonyl (C=O) groups is 1. The Morgan fingerprint density at radius 3 is 2.74 bits per heavy atom. The van der Waals surface area contributed by atoms with E-state index in [2.05, 4.69) is 10.0 Å². The maximum Gasteiger partial charge on any atom is 0.250 e. The second-order valence-corrected chi connectivity index (χ2v) is 7.77. The van der Waals surface area contributed by atoms with Crippen molar-refractivity contribution in [2.75, 3.05) is 19.0 Å². The molecule has 6 nitrogen and oxygen atoms in total. The summed E-state index contributed by atoms with van der Waals surface area (Å²) in [5.74, 6) is 0.269. The first-order chi connectivity index (χ1) is 10.9. The Kier molecular flexibility index (Phi) is 5.75. The predicted molar refractivity (Wildman–Crippen MR) is 90.5 cm³/mol. The largest absolute Gasteiger partial charge is 0.495 e. The van der Waals surface area contributed by atoms with Crippen LogP contribution in [-0.2, 0) is 14.8 Å². The van der Waals surface area contributed by atoms with Gasteiger partial charge in [-0.15, -0.1) is 11.3 Å². The second kappa shape index (κ2) is 7.58. The number of aryl methyl sites for hydroxylation is 1. The molecule has 0 saturated heterocycles. The molecule has 124 valence electrons. The van der Waals surface area contributed by atoms with Crippen molar-refractivity contribution in [3.05, 3.63) is 41.3 Å². The molecule has 0 atom stereocenters. The van der Waals surface area contributed by atoms with Crippen LogP contribution in [0.3, 0.4) is 0 Å². The summed E-state index contributed by atoms with van der Waals surface area (Å²) >= 11 is 1.13. The van der Waals surface area contributed by atoms with Crippen LogP contribution in [0.5, 0.6) is 5.75 Å². The Bertz CT molecular complexity index is 771. The van der Waals surface area contributed by atoms with Gasteiger partial charge in [-0.2, -0.15) is 0 Å². The molecule has 1 aromatic heterocycles. The smallest absolute Gasteiger partial charge is 0.250 e. The van der Waals surface area contributed by atoms with Crippen molar-refractivity contribution in [3.63, 3.8) is 0 Å². The Morgan fingerprint density at radius 2 is 2.09 bits per heavy atom. The Labute approximate surface area is 139 Å². The topological polar surface area (TPSA) is 84.5 Å². The lowest BCUT2D eigenvalue weighted by Crippen LogP contribution is -2.27. The van der Waals surface area contributed by atoms with E-state index in [0.717, 1.165) is 16.9 Å². The molecule has 0 bridgehead atoms. The van der Waals surface area contributed by atoms with E-state index in [9.17, 15) is 13.2 Å². The summed E-state index contributed by atoms with van der Waals surface area (Å²) < 4.78 is 31.7. The molecule has 0 aliphatic rings. The number of amides is 1. The number of hydrogen-bond acceptors (Lipinski definition) is 5. The molecule has 2 rings (SSSR count). The molecular weight excluding hydrogens is 336 g/mol. The van der Waals surface area contributed by atoms with Crippen molar-refractivity contribution in [1.82, 2.24) is 4.72 Å². The first-order valence-corrected chi connectivity index (χ1v) is 9.26. The van der Waals surface area contributed by atoms with E-state index in [1.54, 1.807) is 23.6 Å². The number of hydrogen-bond donors (Lipinski definition) is 2. The summed E-state index contributed by atoms with van der Waals surface area (Å²) in [6, 6.07) is 8.63. The van der Waals surface area contributed by atoms with Crippen LogP contribution in [0.2, 0.25) is 0 Å². The van der Waals surface area contributed by atoms with Crippen molar-refractivity contribution in [2.45, 2.75) is 17.6 Å². The van der Waals surface area contributed by atoms with Gasteiger partial charge in [0, 0.05) is 13.0 Å². The molecule has 1 heterocycles. The van der Waals surface area contributed by atoms with Gasteiger partial charge in [0.15, 0.2) is 0 Å². The minimum Gasteiger partial charge on any atom is -0.495 e. The van der Waals surface area contributed by atoms with Gasteiger partial charge in [-0.3, -0.25) is 4.79 Å². The fourth-order valence-corrected chi connectivity index (χ4v) is 3.99. The maximum absolute atomic E-state index is 12.0. The third-order valence-electron chi connectivity index (χ3n) is 3.03. The van der Waals surface area contributed by atoms with E-state index in [4.69, 9.17) is 4.74 Å². The van der Waals surface area contributed by atoms with Crippen LogP contribution in [-0.4, -0.2) is 28.0 Å². The van der Waals surface area contributed by atoms with Crippen LogP contribution in [0, 0.1) is 6.92 Å². The highest BCUT2D eigenvalue weighted by Crippen LogP contribution is 2.25. The van der Waals surface area contributed by atoms with Gasteiger partial charge >= 0.3 is 0 Å². The van der Waals surface area contributed by atoms with Gasteiger partial charge in [0.25, 0.3) is 0 Å². The Balaban J connectivity index is 1.90. The lowest BCUT2D eigenvalue weighted by molar-refractivity contribution is -0.116. The zero-order valence-electron chi connectivity index (χ0n) is 12.8. The fraction of sp³-hybridized carbons (Fsp3) is 0.267. The minimum absolute atomic E-state index is 0.0280. The van der Waals surface area contributed by atoms with Crippen LogP contribution in [0.25, 0.3) is 0 Å². The minimum atomic E-state index is -3.54. The monoisotopic (exact) mass is 354 g/mol. The Morgan fingerprint density at radius 1 is 1.30 bits per heavy atom. The zero-order valence-corrected chi connectivity index (χ0v) is 14.5. The highest BCUT2D eigenvalue weighted by molar-refractivity contribution is 7.91. The van der Waals surface area contributed by atoms with Crippen molar-refractivity contribution in [3.8, 4) is 5.75 Å². The number of sulfonamides is 1. The maximum atomic E-state index is 12.0. The molecule has 0 unspecified atom stereocenters. The van der Waals surface area contributed by atoms with Gasteiger partial charge in [0.1, 0.15) is 9.96 Å². The fourth-order valence-electron chi connectivity index (χ4n) is 1.92. The molecule has 0 spiro atoms. The number of anilines is 1. The average molecular weight is 354 g/mol. The predicted octanol–water partition coefficient (Wildman–Crippen LogP) is 2.37. The van der Waals surface area contributed by atoms with E-state index in [1.807, 2.05) is 13.0 Å². The van der Waals surface area contributed by atoms with Crippen LogP contribution in [0.1, 0.15) is 12.0 Å². The number of ether oxygens (including phenoxy) is 1. The molecule has 23 heavy (non-hydrogen) atoms. The SMILES string of the molecule is COc1ccc(C)cc1NC(=O)CCNS(=O)(=O)c1cccs1. The van der Waals surface area contributed by atoms with Crippen molar-refractivity contribution in [2.24, 2.45) is 0 Å². The van der Waals surface area contributed by atoms with Gasteiger partial charge in [-0.1, -0.05) is 12.1 Å². The summed E-state index contributed by atoms with van der Waals surface area (Å²) in [7, 11) is -2.02. The molecule has 2 aromatic rings. The van der Waals surface area contributed by atoms with Crippen LogP contribution < -0.4 is 14.8 Å². The highest BCUT2D eigenvalue weighted by atomic mass is 32.2. The molecule has 2 N–H and O–H groups in total. The molecule has 0 fully saturated rings. The third kappa shape index (κ3) is 4.78. The number of nitrogens with one attached hydrogen (secondary N) is 2. The van der Waals surface area contributed by atoms with E-state index >= 15 is 0 Å². The molecule has 1 amide bonds. The number of thiophene rings is 1. The summed E-state index contributed by atoms with van der Waals surface area (Å²) in [5, 5.41) is 4.41. The normalized spacial score (nSPS) is 11.2. The zero-order chi connectivity index (χ0) is 16.9. The van der Waals surface area contributed by atoms with E-state index in [-0.39, 0.29) is 23.1 Å². The molecule has 0 aliphatic carbocycles. The van der Waals surface area contributed by atoms with E-state index in [0.29, 0.717) is 11.4 Å². The van der Waals surface area contributed by atoms with E-state index < -0.39 is 10.0 Å². The molecule has 8 heteroatoms. The van der Waals surface area contributed by atoms with Crippen LogP contribution >= 0.6 is 11.3 Å². The molecule has 0 aliphatic heterocycles. The van der Waals surface area contributed by atoms with Crippen molar-refractivity contribution >= 4 is 33.0 Å². The molecule has 0 radical (unpaired) electrons. The molecular formula is C15H18N2O4S2. The van der Waals surface area contributed by atoms with Crippen molar-refractivity contribution < 1.29 is 17.9 Å². The third-order valence-corrected chi connectivity index (χ3v) is 5.89. The first kappa shape index (κ1) is 17.5. The lowest BCUT2D eigenvalue weighted by Gasteiger charge is -2.11. The standard InChI is InChI=1S/C15H18N2O4S2/c1-11-5-6-13(21-2)12(10-11)17-14(18)7-8-16-23(19,20)15-4-3-9-22-15/h3-6,9-10,16H,7-8H2,1-2H3,(H,17,18). The second-order valence-electron chi connectivity index (χ2n) is 4.83. The van der Waals surface area contributed by atoms with Crippen molar-refractivity contribution in [1.29, 1.82) is 0 Å². The average Bonchev–Trinajstić information content (AvgIpc) is 3.02. The summed E-state index contributed by atoms with van der Waals surface area (Å²) in [6.45, 7) is 1.93. The first-order valence-electron chi connectivity index (χ1n) is 6.90. The van der Waals surface area contributed by atoms with Gasteiger partial charge in [0.05, 0.1) is 12.8 Å². The summed E-state index contributed by atoms with van der Waals surface area (Å²) in [4.78, 5) is 12.0. The highest BCUT2D eigenvalue weighted by Gasteiger charge is 2.15. The van der Waals surface area contributed by atoms with Gasteiger partial charge in [-0.05, 0) is 36.1 Å². The summed E-state index contributed by atoms with van der Waals surface area (Å²) in [6.07, 6.45) is 0.0295. The van der Waals surface area contributed by atoms with E-state index in [1.165, 1.54) is 13.2 Å². The van der Waals surface area contributed by atoms with Gasteiger partial charge < -0.3 is 10.1 Å². The number of carbonyl (C=O) groups excluding carboxylic acids is 1. The quantitative estimate of drug-likeness (QED) is 0.799. The number of methoxy groups -OCH3 is 1. The molecule has 1 aromatic carbocycles. The number of benzene rings is 1. The van der Waals surface area contributed by atoms with Gasteiger partial charge in [0.2, 0.25) is 15.9 Å². The Hall–Kier alpha value is -1.90. The van der Waals surface area contributed by atoms with Crippen LogP contribution in [0.15, 0.2) is 39.9 Å². The van der Waals surface area contributed by atoms with Gasteiger partial charge in [-0.25, -0.2) is 13.1 Å². The number of rotatable bonds is 7.